The number of hydrogen-bond acceptors (Lipinski definition) is 3. The summed E-state index contributed by atoms with van der Waals surface area (Å²) < 4.78 is 50.0. The maximum absolute atomic E-state index is 13.2. The van der Waals surface area contributed by atoms with Gasteiger partial charge in [-0.3, -0.25) is 4.90 Å². The summed E-state index contributed by atoms with van der Waals surface area (Å²) >= 11 is 0. The predicted octanol–water partition coefficient (Wildman–Crippen LogP) is 2.09. The fourth-order valence-electron chi connectivity index (χ4n) is 2.20. The van der Waals surface area contributed by atoms with Crippen LogP contribution in [0, 0.1) is 5.82 Å². The number of rotatable bonds is 2. The molecule has 7 heteroatoms. The molecule has 0 amide bonds. The van der Waals surface area contributed by atoms with Crippen LogP contribution in [0.15, 0.2) is 18.2 Å². The minimum absolute atomic E-state index is 0.302. The molecule has 2 N–H and O–H groups in total. The molecular formula is C12H15F4N3. The van der Waals surface area contributed by atoms with Gasteiger partial charge in [0.25, 0.3) is 0 Å². The molecule has 1 aromatic carbocycles. The van der Waals surface area contributed by atoms with Crippen molar-refractivity contribution in [1.29, 1.82) is 0 Å². The van der Waals surface area contributed by atoms with Crippen LogP contribution >= 0.6 is 0 Å². The lowest BCUT2D eigenvalue weighted by molar-refractivity contribution is -0.146. The number of nitrogens with two attached hydrogens (primary N) is 1. The second-order valence-corrected chi connectivity index (χ2v) is 4.62. The van der Waals surface area contributed by atoms with Crippen LogP contribution < -0.4 is 10.6 Å². The van der Waals surface area contributed by atoms with Crippen LogP contribution in [0.5, 0.6) is 0 Å². The van der Waals surface area contributed by atoms with Crippen molar-refractivity contribution in [2.24, 2.45) is 0 Å². The van der Waals surface area contributed by atoms with Crippen molar-refractivity contribution in [3.63, 3.8) is 0 Å². The molecule has 1 aliphatic rings. The van der Waals surface area contributed by atoms with Gasteiger partial charge in [0, 0.05) is 37.6 Å². The zero-order valence-corrected chi connectivity index (χ0v) is 10.3. The molecule has 0 saturated carbocycles. The van der Waals surface area contributed by atoms with E-state index in [9.17, 15) is 17.6 Å². The monoisotopic (exact) mass is 277 g/mol. The topological polar surface area (TPSA) is 32.5 Å². The Labute approximate surface area is 108 Å². The number of nitrogens with zero attached hydrogens (tertiary/aromatic N) is 2. The summed E-state index contributed by atoms with van der Waals surface area (Å²) in [6, 6.07) is 4.18. The normalized spacial score (nSPS) is 17.8. The lowest BCUT2D eigenvalue weighted by Gasteiger charge is -2.36. The Kier molecular flexibility index (Phi) is 3.84. The van der Waals surface area contributed by atoms with Crippen LogP contribution in [0.25, 0.3) is 0 Å². The van der Waals surface area contributed by atoms with Gasteiger partial charge in [0.2, 0.25) is 0 Å². The first-order valence-corrected chi connectivity index (χ1v) is 5.93. The second-order valence-electron chi connectivity index (χ2n) is 4.62. The van der Waals surface area contributed by atoms with Crippen molar-refractivity contribution >= 4 is 11.4 Å². The van der Waals surface area contributed by atoms with Gasteiger partial charge in [0.15, 0.2) is 0 Å². The molecule has 2 rings (SSSR count). The first-order valence-electron chi connectivity index (χ1n) is 5.93. The van der Waals surface area contributed by atoms with Crippen LogP contribution in [-0.4, -0.2) is 43.8 Å². The van der Waals surface area contributed by atoms with Gasteiger partial charge < -0.3 is 10.6 Å². The van der Waals surface area contributed by atoms with E-state index in [1.54, 1.807) is 6.07 Å². The van der Waals surface area contributed by atoms with E-state index in [-0.39, 0.29) is 0 Å². The SMILES string of the molecule is Nc1cc(F)cc(N2CCN(CC(F)(F)F)CC2)c1. The van der Waals surface area contributed by atoms with E-state index in [2.05, 4.69) is 0 Å². The minimum atomic E-state index is -4.18. The Morgan fingerprint density at radius 2 is 1.68 bits per heavy atom. The Hall–Kier alpha value is -1.50. The summed E-state index contributed by atoms with van der Waals surface area (Å²) in [4.78, 5) is 3.19. The first kappa shape index (κ1) is 13.9. The zero-order valence-electron chi connectivity index (χ0n) is 10.3. The van der Waals surface area contributed by atoms with E-state index in [0.29, 0.717) is 37.6 Å². The summed E-state index contributed by atoms with van der Waals surface area (Å²) in [5.74, 6) is -0.437. The van der Waals surface area contributed by atoms with E-state index in [1.165, 1.54) is 17.0 Å². The summed E-state index contributed by atoms with van der Waals surface area (Å²) in [5, 5.41) is 0. The quantitative estimate of drug-likeness (QED) is 0.663. The van der Waals surface area contributed by atoms with Crippen molar-refractivity contribution in [2.75, 3.05) is 43.4 Å². The lowest BCUT2D eigenvalue weighted by Crippen LogP contribution is -2.49. The van der Waals surface area contributed by atoms with Crippen LogP contribution in [0.3, 0.4) is 0 Å². The van der Waals surface area contributed by atoms with E-state index in [4.69, 9.17) is 5.73 Å². The number of piperazine rings is 1. The van der Waals surface area contributed by atoms with E-state index >= 15 is 0 Å². The minimum Gasteiger partial charge on any atom is -0.399 e. The average molecular weight is 277 g/mol. The van der Waals surface area contributed by atoms with Crippen molar-refractivity contribution in [2.45, 2.75) is 6.18 Å². The number of benzene rings is 1. The average Bonchev–Trinajstić information content (AvgIpc) is 2.26. The number of nitrogen functional groups attached to an aromatic ring is 1. The second kappa shape index (κ2) is 5.24. The van der Waals surface area contributed by atoms with Crippen molar-refractivity contribution < 1.29 is 17.6 Å². The molecule has 106 valence electrons. The molecule has 1 saturated heterocycles. The summed E-state index contributed by atoms with van der Waals surface area (Å²) in [5.41, 5.74) is 6.48. The van der Waals surface area contributed by atoms with E-state index < -0.39 is 18.5 Å². The zero-order chi connectivity index (χ0) is 14.0. The number of hydrogen-bond donors (Lipinski definition) is 1. The van der Waals surface area contributed by atoms with Gasteiger partial charge in [-0.05, 0) is 18.2 Å². The summed E-state index contributed by atoms with van der Waals surface area (Å²) in [6.45, 7) is 0.565. The van der Waals surface area contributed by atoms with Crippen LogP contribution in [-0.2, 0) is 0 Å². The van der Waals surface area contributed by atoms with Crippen molar-refractivity contribution in [3.8, 4) is 0 Å². The molecule has 1 aliphatic heterocycles. The Bertz CT molecular complexity index is 419. The summed E-state index contributed by atoms with van der Waals surface area (Å²) in [7, 11) is 0. The van der Waals surface area contributed by atoms with Gasteiger partial charge in [-0.25, -0.2) is 4.39 Å². The molecule has 0 bridgehead atoms. The largest absolute Gasteiger partial charge is 0.401 e. The molecule has 1 heterocycles. The molecule has 0 radical (unpaired) electrons. The van der Waals surface area contributed by atoms with Crippen molar-refractivity contribution in [3.05, 3.63) is 24.0 Å². The fraction of sp³-hybridized carbons (Fsp3) is 0.500. The van der Waals surface area contributed by atoms with E-state index in [1.807, 2.05) is 4.90 Å². The number of halogens is 4. The molecule has 0 unspecified atom stereocenters. The third-order valence-corrected chi connectivity index (χ3v) is 3.05. The lowest BCUT2D eigenvalue weighted by atomic mass is 10.2. The standard InChI is InChI=1S/C12H15F4N3/c13-9-5-10(17)7-11(6-9)19-3-1-18(2-4-19)8-12(14,15)16/h5-7H,1-4,8,17H2. The van der Waals surface area contributed by atoms with E-state index in [0.717, 1.165) is 0 Å². The van der Waals surface area contributed by atoms with Gasteiger partial charge in [0.05, 0.1) is 6.54 Å². The van der Waals surface area contributed by atoms with Gasteiger partial charge in [0.1, 0.15) is 5.82 Å². The summed E-state index contributed by atoms with van der Waals surface area (Å²) in [6.07, 6.45) is -4.18. The molecule has 1 fully saturated rings. The highest BCUT2D eigenvalue weighted by Crippen LogP contribution is 2.23. The van der Waals surface area contributed by atoms with Crippen LogP contribution in [0.1, 0.15) is 0 Å². The molecule has 0 atom stereocenters. The highest BCUT2D eigenvalue weighted by Gasteiger charge is 2.32. The van der Waals surface area contributed by atoms with Crippen LogP contribution in [0.2, 0.25) is 0 Å². The predicted molar refractivity (Wildman–Crippen MR) is 65.5 cm³/mol. The maximum atomic E-state index is 13.2. The Balaban J connectivity index is 1.96. The smallest absolute Gasteiger partial charge is 0.399 e. The fourth-order valence-corrected chi connectivity index (χ4v) is 2.20. The van der Waals surface area contributed by atoms with Gasteiger partial charge in [-0.2, -0.15) is 13.2 Å². The van der Waals surface area contributed by atoms with Gasteiger partial charge >= 0.3 is 6.18 Å². The van der Waals surface area contributed by atoms with Gasteiger partial charge in [-0.15, -0.1) is 0 Å². The first-order chi connectivity index (χ1) is 8.83. The Morgan fingerprint density at radius 3 is 2.21 bits per heavy atom. The third kappa shape index (κ3) is 3.99. The van der Waals surface area contributed by atoms with Crippen molar-refractivity contribution in [1.82, 2.24) is 4.90 Å². The van der Waals surface area contributed by atoms with Crippen LogP contribution in [0.4, 0.5) is 28.9 Å². The highest BCUT2D eigenvalue weighted by molar-refractivity contribution is 5.56. The molecular weight excluding hydrogens is 262 g/mol. The molecule has 3 nitrogen and oxygen atoms in total. The molecule has 0 aromatic heterocycles. The maximum Gasteiger partial charge on any atom is 0.401 e. The number of anilines is 2. The van der Waals surface area contributed by atoms with Gasteiger partial charge in [-0.1, -0.05) is 0 Å². The highest BCUT2D eigenvalue weighted by atomic mass is 19.4. The Morgan fingerprint density at radius 1 is 1.05 bits per heavy atom. The molecule has 0 aliphatic carbocycles. The number of alkyl halides is 3. The third-order valence-electron chi connectivity index (χ3n) is 3.05. The molecule has 1 aromatic rings. The molecule has 0 spiro atoms. The molecule has 19 heavy (non-hydrogen) atoms.